The Balaban J connectivity index is 2.18. The fraction of sp³-hybridized carbons (Fsp3) is 0.400. The number of carbonyl (C=O) groups is 1. The molecule has 1 heterocycles. The Hall–Kier alpha value is -2.02. The van der Waals surface area contributed by atoms with E-state index in [0.29, 0.717) is 17.5 Å². The zero-order valence-corrected chi connectivity index (χ0v) is 14.1. The zero-order valence-electron chi connectivity index (χ0n) is 13.2. The lowest BCUT2D eigenvalue weighted by Crippen LogP contribution is -2.27. The van der Waals surface area contributed by atoms with Crippen molar-refractivity contribution in [1.82, 2.24) is 19.7 Å². The van der Waals surface area contributed by atoms with Crippen LogP contribution in [0.5, 0.6) is 5.75 Å². The van der Waals surface area contributed by atoms with Crippen LogP contribution in [-0.4, -0.2) is 52.0 Å². The molecule has 1 aromatic heterocycles. The Bertz CT molecular complexity index is 639. The van der Waals surface area contributed by atoms with Crippen molar-refractivity contribution in [3.8, 4) is 11.4 Å². The van der Waals surface area contributed by atoms with Gasteiger partial charge < -0.3 is 9.64 Å². The van der Waals surface area contributed by atoms with Crippen molar-refractivity contribution in [2.24, 2.45) is 0 Å². The standard InChI is InChI=1S/C15H20N4O2S/c1-5-18(3)14(20)10-22-15-17-16-11(2)19(15)12-6-8-13(21-4)9-7-12/h6-9H,5,10H2,1-4H3. The number of amides is 1. The summed E-state index contributed by atoms with van der Waals surface area (Å²) < 4.78 is 7.10. The molecule has 0 atom stereocenters. The molecule has 1 aromatic carbocycles. The van der Waals surface area contributed by atoms with Crippen LogP contribution in [0.25, 0.3) is 5.69 Å². The number of aryl methyl sites for hydroxylation is 1. The summed E-state index contributed by atoms with van der Waals surface area (Å²) in [6.07, 6.45) is 0. The second-order valence-electron chi connectivity index (χ2n) is 4.76. The van der Waals surface area contributed by atoms with Gasteiger partial charge in [0, 0.05) is 19.3 Å². The van der Waals surface area contributed by atoms with Crippen molar-refractivity contribution in [2.45, 2.75) is 19.0 Å². The van der Waals surface area contributed by atoms with Gasteiger partial charge in [0.25, 0.3) is 0 Å². The van der Waals surface area contributed by atoms with Crippen LogP contribution in [0, 0.1) is 6.92 Å². The largest absolute Gasteiger partial charge is 0.497 e. The highest BCUT2D eigenvalue weighted by atomic mass is 32.2. The molecule has 0 unspecified atom stereocenters. The van der Waals surface area contributed by atoms with E-state index in [0.717, 1.165) is 17.3 Å². The van der Waals surface area contributed by atoms with E-state index in [1.54, 1.807) is 19.1 Å². The first-order valence-electron chi connectivity index (χ1n) is 7.00. The fourth-order valence-electron chi connectivity index (χ4n) is 1.88. The van der Waals surface area contributed by atoms with Gasteiger partial charge in [-0.1, -0.05) is 11.8 Å². The highest BCUT2D eigenvalue weighted by molar-refractivity contribution is 7.99. The maximum atomic E-state index is 11.9. The minimum absolute atomic E-state index is 0.0782. The topological polar surface area (TPSA) is 60.2 Å². The highest BCUT2D eigenvalue weighted by Gasteiger charge is 2.14. The van der Waals surface area contributed by atoms with E-state index in [1.807, 2.05) is 42.7 Å². The van der Waals surface area contributed by atoms with E-state index in [9.17, 15) is 4.79 Å². The number of methoxy groups -OCH3 is 1. The summed E-state index contributed by atoms with van der Waals surface area (Å²) in [5.41, 5.74) is 0.946. The number of hydrogen-bond acceptors (Lipinski definition) is 5. The molecule has 22 heavy (non-hydrogen) atoms. The monoisotopic (exact) mass is 320 g/mol. The molecule has 1 amide bonds. The van der Waals surface area contributed by atoms with Gasteiger partial charge in [0.15, 0.2) is 5.16 Å². The normalized spacial score (nSPS) is 10.5. The van der Waals surface area contributed by atoms with Crippen molar-refractivity contribution in [3.05, 3.63) is 30.1 Å². The van der Waals surface area contributed by atoms with E-state index in [-0.39, 0.29) is 5.91 Å². The molecule has 0 saturated carbocycles. The number of rotatable bonds is 6. The minimum Gasteiger partial charge on any atom is -0.497 e. The van der Waals surface area contributed by atoms with E-state index < -0.39 is 0 Å². The van der Waals surface area contributed by atoms with Crippen molar-refractivity contribution in [1.29, 1.82) is 0 Å². The van der Waals surface area contributed by atoms with Crippen LogP contribution >= 0.6 is 11.8 Å². The predicted octanol–water partition coefficient (Wildman–Crippen LogP) is 2.15. The molecule has 0 aliphatic carbocycles. The van der Waals surface area contributed by atoms with E-state index in [2.05, 4.69) is 10.2 Å². The molecule has 118 valence electrons. The minimum atomic E-state index is 0.0782. The molecule has 0 saturated heterocycles. The maximum absolute atomic E-state index is 11.9. The summed E-state index contributed by atoms with van der Waals surface area (Å²) in [7, 11) is 3.43. The van der Waals surface area contributed by atoms with Crippen LogP contribution in [0.3, 0.4) is 0 Å². The Labute approximate surface area is 134 Å². The van der Waals surface area contributed by atoms with Crippen LogP contribution in [-0.2, 0) is 4.79 Å². The molecular formula is C15H20N4O2S. The fourth-order valence-corrected chi connectivity index (χ4v) is 2.82. The van der Waals surface area contributed by atoms with Gasteiger partial charge in [0.2, 0.25) is 5.91 Å². The first-order valence-corrected chi connectivity index (χ1v) is 7.98. The number of aromatic nitrogens is 3. The number of thioether (sulfide) groups is 1. The Kier molecular flexibility index (Phi) is 5.43. The first-order chi connectivity index (χ1) is 10.6. The Morgan fingerprint density at radius 3 is 2.59 bits per heavy atom. The van der Waals surface area contributed by atoms with Crippen molar-refractivity contribution in [2.75, 3.05) is 26.5 Å². The SMILES string of the molecule is CCN(C)C(=O)CSc1nnc(C)n1-c1ccc(OC)cc1. The summed E-state index contributed by atoms with van der Waals surface area (Å²) in [4.78, 5) is 13.6. The second kappa shape index (κ2) is 7.31. The quantitative estimate of drug-likeness (QED) is 0.763. The van der Waals surface area contributed by atoms with Crippen molar-refractivity contribution < 1.29 is 9.53 Å². The van der Waals surface area contributed by atoms with E-state index >= 15 is 0 Å². The molecule has 0 bridgehead atoms. The molecule has 7 heteroatoms. The number of carbonyl (C=O) groups excluding carboxylic acids is 1. The third-order valence-electron chi connectivity index (χ3n) is 3.35. The van der Waals surface area contributed by atoms with Gasteiger partial charge in [-0.25, -0.2) is 0 Å². The summed E-state index contributed by atoms with van der Waals surface area (Å²) in [5.74, 6) is 2.00. The number of ether oxygens (including phenoxy) is 1. The van der Waals surface area contributed by atoms with Gasteiger partial charge >= 0.3 is 0 Å². The highest BCUT2D eigenvalue weighted by Crippen LogP contribution is 2.23. The number of benzene rings is 1. The van der Waals surface area contributed by atoms with Crippen LogP contribution in [0.4, 0.5) is 0 Å². The van der Waals surface area contributed by atoms with Crippen LogP contribution in [0.1, 0.15) is 12.7 Å². The van der Waals surface area contributed by atoms with Crippen LogP contribution in [0.15, 0.2) is 29.4 Å². The van der Waals surface area contributed by atoms with Gasteiger partial charge in [-0.15, -0.1) is 10.2 Å². The lowest BCUT2D eigenvalue weighted by atomic mass is 10.3. The van der Waals surface area contributed by atoms with Gasteiger partial charge in [-0.05, 0) is 38.1 Å². The lowest BCUT2D eigenvalue weighted by Gasteiger charge is -2.14. The molecule has 0 spiro atoms. The van der Waals surface area contributed by atoms with Crippen LogP contribution < -0.4 is 4.74 Å². The number of hydrogen-bond donors (Lipinski definition) is 0. The van der Waals surface area contributed by atoms with Gasteiger partial charge in [-0.3, -0.25) is 9.36 Å². The molecular weight excluding hydrogens is 300 g/mol. The molecule has 0 aliphatic rings. The first kappa shape index (κ1) is 16.4. The Morgan fingerprint density at radius 1 is 1.32 bits per heavy atom. The van der Waals surface area contributed by atoms with Gasteiger partial charge in [-0.2, -0.15) is 0 Å². The average Bonchev–Trinajstić information content (AvgIpc) is 2.92. The third kappa shape index (κ3) is 3.59. The summed E-state index contributed by atoms with van der Waals surface area (Å²) in [5, 5.41) is 8.99. The molecule has 0 fully saturated rings. The summed E-state index contributed by atoms with van der Waals surface area (Å²) in [6, 6.07) is 7.66. The molecule has 6 nitrogen and oxygen atoms in total. The summed E-state index contributed by atoms with van der Waals surface area (Å²) in [6.45, 7) is 4.54. The molecule has 2 rings (SSSR count). The zero-order chi connectivity index (χ0) is 16.1. The summed E-state index contributed by atoms with van der Waals surface area (Å²) >= 11 is 1.39. The van der Waals surface area contributed by atoms with Gasteiger partial charge in [0.1, 0.15) is 11.6 Å². The molecule has 0 N–H and O–H groups in total. The van der Waals surface area contributed by atoms with E-state index in [1.165, 1.54) is 11.8 Å². The smallest absolute Gasteiger partial charge is 0.232 e. The maximum Gasteiger partial charge on any atom is 0.232 e. The van der Waals surface area contributed by atoms with Gasteiger partial charge in [0.05, 0.1) is 12.9 Å². The lowest BCUT2D eigenvalue weighted by molar-refractivity contribution is -0.126. The molecule has 2 aromatic rings. The van der Waals surface area contributed by atoms with Crippen LogP contribution in [0.2, 0.25) is 0 Å². The van der Waals surface area contributed by atoms with E-state index in [4.69, 9.17) is 4.74 Å². The second-order valence-corrected chi connectivity index (χ2v) is 5.70. The average molecular weight is 320 g/mol. The van der Waals surface area contributed by atoms with Crippen molar-refractivity contribution in [3.63, 3.8) is 0 Å². The van der Waals surface area contributed by atoms with Crippen molar-refractivity contribution >= 4 is 17.7 Å². The molecule has 0 radical (unpaired) electrons. The Morgan fingerprint density at radius 2 is 2.00 bits per heavy atom. The third-order valence-corrected chi connectivity index (χ3v) is 4.26. The predicted molar refractivity (Wildman–Crippen MR) is 86.7 cm³/mol. The number of nitrogens with zero attached hydrogens (tertiary/aromatic N) is 4. The molecule has 0 aliphatic heterocycles.